The highest BCUT2D eigenvalue weighted by molar-refractivity contribution is 6.31. The molecule has 1 rings (SSSR count). The van der Waals surface area contributed by atoms with Crippen molar-refractivity contribution in [2.24, 2.45) is 0 Å². The molecule has 1 aromatic carbocycles. The van der Waals surface area contributed by atoms with Gasteiger partial charge in [0.25, 0.3) is 0 Å². The van der Waals surface area contributed by atoms with E-state index in [0.29, 0.717) is 16.3 Å². The summed E-state index contributed by atoms with van der Waals surface area (Å²) in [4.78, 5) is 22.3. The van der Waals surface area contributed by atoms with Crippen LogP contribution in [-0.4, -0.2) is 30.1 Å². The molecule has 0 unspecified atom stereocenters. The van der Waals surface area contributed by atoms with E-state index in [9.17, 15) is 9.59 Å². The van der Waals surface area contributed by atoms with E-state index in [1.165, 1.54) is 14.0 Å². The number of rotatable bonds is 5. The Morgan fingerprint density at radius 1 is 1.50 bits per heavy atom. The van der Waals surface area contributed by atoms with Gasteiger partial charge in [0.05, 0.1) is 13.5 Å². The second-order valence-electron chi connectivity index (χ2n) is 3.72. The van der Waals surface area contributed by atoms with E-state index in [0.717, 1.165) is 0 Å². The summed E-state index contributed by atoms with van der Waals surface area (Å²) in [5.41, 5.74) is 0.539. The number of nitrogens with one attached hydrogen (secondary N) is 1. The number of carbonyl (C=O) groups excluding carboxylic acids is 1. The number of hydrogen-bond acceptors (Lipinski definition) is 3. The highest BCUT2D eigenvalue weighted by Crippen LogP contribution is 2.26. The number of methoxy groups -OCH3 is 1. The molecule has 0 bridgehead atoms. The Morgan fingerprint density at radius 2 is 2.17 bits per heavy atom. The Bertz CT molecular complexity index is 461. The number of carboxylic acids is 1. The Kier molecular flexibility index (Phi) is 4.97. The third-order valence-electron chi connectivity index (χ3n) is 2.38. The zero-order valence-electron chi connectivity index (χ0n) is 10.1. The zero-order valence-corrected chi connectivity index (χ0v) is 10.8. The highest BCUT2D eigenvalue weighted by atomic mass is 35.5. The minimum Gasteiger partial charge on any atom is -0.496 e. The molecule has 0 saturated heterocycles. The molecule has 1 atom stereocenters. The van der Waals surface area contributed by atoms with Gasteiger partial charge < -0.3 is 15.2 Å². The number of benzene rings is 1. The average molecular weight is 272 g/mol. The number of aliphatic carboxylic acids is 1. The lowest BCUT2D eigenvalue weighted by Crippen LogP contribution is -2.39. The first kappa shape index (κ1) is 14.3. The van der Waals surface area contributed by atoms with E-state index in [2.05, 4.69) is 5.32 Å². The standard InChI is InChI=1S/C12H14ClNO4/c1-7(12(16)17)14-11(15)6-8-9(13)4-3-5-10(8)18-2/h3-5,7H,6H2,1-2H3,(H,14,15)(H,16,17)/t7-/m1/s1. The number of amides is 1. The van der Waals surface area contributed by atoms with Crippen molar-refractivity contribution in [3.05, 3.63) is 28.8 Å². The third-order valence-corrected chi connectivity index (χ3v) is 2.74. The number of hydrogen-bond donors (Lipinski definition) is 2. The summed E-state index contributed by atoms with van der Waals surface area (Å²) in [6.07, 6.45) is -0.0273. The van der Waals surface area contributed by atoms with E-state index in [4.69, 9.17) is 21.4 Å². The van der Waals surface area contributed by atoms with Gasteiger partial charge in [0, 0.05) is 10.6 Å². The van der Waals surface area contributed by atoms with Crippen molar-refractivity contribution in [2.45, 2.75) is 19.4 Å². The first-order valence-corrected chi connectivity index (χ1v) is 5.67. The van der Waals surface area contributed by atoms with Crippen LogP contribution in [0.1, 0.15) is 12.5 Å². The summed E-state index contributed by atoms with van der Waals surface area (Å²) < 4.78 is 5.10. The summed E-state index contributed by atoms with van der Waals surface area (Å²) in [5, 5.41) is 11.5. The maximum atomic E-state index is 11.7. The van der Waals surface area contributed by atoms with E-state index < -0.39 is 17.9 Å². The molecule has 98 valence electrons. The van der Waals surface area contributed by atoms with Crippen molar-refractivity contribution in [2.75, 3.05) is 7.11 Å². The Morgan fingerprint density at radius 3 is 2.72 bits per heavy atom. The molecule has 0 aliphatic carbocycles. The molecule has 18 heavy (non-hydrogen) atoms. The van der Waals surface area contributed by atoms with Crippen molar-refractivity contribution >= 4 is 23.5 Å². The lowest BCUT2D eigenvalue weighted by atomic mass is 10.1. The van der Waals surface area contributed by atoms with Gasteiger partial charge in [-0.15, -0.1) is 0 Å². The van der Waals surface area contributed by atoms with Gasteiger partial charge in [0.1, 0.15) is 11.8 Å². The largest absolute Gasteiger partial charge is 0.496 e. The van der Waals surface area contributed by atoms with Crippen molar-refractivity contribution < 1.29 is 19.4 Å². The molecule has 2 N–H and O–H groups in total. The van der Waals surface area contributed by atoms with E-state index in [-0.39, 0.29) is 6.42 Å². The molecule has 1 aromatic rings. The molecule has 0 aliphatic rings. The van der Waals surface area contributed by atoms with Gasteiger partial charge in [-0.2, -0.15) is 0 Å². The van der Waals surface area contributed by atoms with Crippen LogP contribution in [0.2, 0.25) is 5.02 Å². The van der Waals surface area contributed by atoms with Crippen LogP contribution in [-0.2, 0) is 16.0 Å². The van der Waals surface area contributed by atoms with Crippen LogP contribution in [0, 0.1) is 0 Å². The fraction of sp³-hybridized carbons (Fsp3) is 0.333. The monoisotopic (exact) mass is 271 g/mol. The normalized spacial score (nSPS) is 11.7. The fourth-order valence-corrected chi connectivity index (χ4v) is 1.65. The Balaban J connectivity index is 2.79. The summed E-state index contributed by atoms with van der Waals surface area (Å²) in [6, 6.07) is 4.11. The van der Waals surface area contributed by atoms with Crippen molar-refractivity contribution in [3.63, 3.8) is 0 Å². The molecule has 6 heteroatoms. The highest BCUT2D eigenvalue weighted by Gasteiger charge is 2.17. The first-order chi connectivity index (χ1) is 8.45. The SMILES string of the molecule is COc1cccc(Cl)c1CC(=O)N[C@H](C)C(=O)O. The predicted molar refractivity (Wildman–Crippen MR) is 66.9 cm³/mol. The van der Waals surface area contributed by atoms with E-state index >= 15 is 0 Å². The molecular weight excluding hydrogens is 258 g/mol. The molecule has 0 fully saturated rings. The number of carbonyl (C=O) groups is 2. The van der Waals surface area contributed by atoms with Crippen LogP contribution in [0.15, 0.2) is 18.2 Å². The maximum absolute atomic E-state index is 11.7. The predicted octanol–water partition coefficient (Wildman–Crippen LogP) is 1.48. The first-order valence-electron chi connectivity index (χ1n) is 5.29. The van der Waals surface area contributed by atoms with Crippen LogP contribution in [0.25, 0.3) is 0 Å². The van der Waals surface area contributed by atoms with Gasteiger partial charge in [-0.25, -0.2) is 0 Å². The van der Waals surface area contributed by atoms with Crippen LogP contribution < -0.4 is 10.1 Å². The van der Waals surface area contributed by atoms with Crippen molar-refractivity contribution in [1.29, 1.82) is 0 Å². The minimum atomic E-state index is -1.09. The Labute approximate surface area is 110 Å². The molecule has 0 aromatic heterocycles. The molecule has 0 saturated carbocycles. The Hall–Kier alpha value is -1.75. The van der Waals surface area contributed by atoms with Crippen LogP contribution in [0.5, 0.6) is 5.75 Å². The van der Waals surface area contributed by atoms with Gasteiger partial charge in [0.15, 0.2) is 0 Å². The minimum absolute atomic E-state index is 0.0273. The summed E-state index contributed by atoms with van der Waals surface area (Å²) in [6.45, 7) is 1.39. The van der Waals surface area contributed by atoms with Gasteiger partial charge >= 0.3 is 5.97 Å². The zero-order chi connectivity index (χ0) is 13.7. The lowest BCUT2D eigenvalue weighted by molar-refractivity contribution is -0.141. The summed E-state index contributed by atoms with van der Waals surface area (Å²) in [7, 11) is 1.48. The van der Waals surface area contributed by atoms with Gasteiger partial charge in [-0.1, -0.05) is 17.7 Å². The molecule has 0 radical (unpaired) electrons. The van der Waals surface area contributed by atoms with E-state index in [1.54, 1.807) is 18.2 Å². The van der Waals surface area contributed by atoms with Crippen LogP contribution in [0.3, 0.4) is 0 Å². The molecular formula is C12H14ClNO4. The molecule has 1 amide bonds. The summed E-state index contributed by atoms with van der Waals surface area (Å²) >= 11 is 5.98. The quantitative estimate of drug-likeness (QED) is 0.851. The van der Waals surface area contributed by atoms with Gasteiger partial charge in [-0.3, -0.25) is 9.59 Å². The summed E-state index contributed by atoms with van der Waals surface area (Å²) in [5.74, 6) is -1.01. The number of halogens is 1. The number of carboxylic acid groups (broad SMARTS) is 1. The average Bonchev–Trinajstić information content (AvgIpc) is 2.31. The van der Waals surface area contributed by atoms with Crippen molar-refractivity contribution in [1.82, 2.24) is 5.32 Å². The number of ether oxygens (including phenoxy) is 1. The second-order valence-corrected chi connectivity index (χ2v) is 4.13. The van der Waals surface area contributed by atoms with Crippen molar-refractivity contribution in [3.8, 4) is 5.75 Å². The smallest absolute Gasteiger partial charge is 0.325 e. The topological polar surface area (TPSA) is 75.6 Å². The maximum Gasteiger partial charge on any atom is 0.325 e. The van der Waals surface area contributed by atoms with Crippen LogP contribution in [0.4, 0.5) is 0 Å². The molecule has 0 heterocycles. The van der Waals surface area contributed by atoms with Gasteiger partial charge in [-0.05, 0) is 19.1 Å². The lowest BCUT2D eigenvalue weighted by Gasteiger charge is -2.12. The third kappa shape index (κ3) is 3.63. The van der Waals surface area contributed by atoms with E-state index in [1.807, 2.05) is 0 Å². The van der Waals surface area contributed by atoms with Crippen LogP contribution >= 0.6 is 11.6 Å². The molecule has 0 aliphatic heterocycles. The fourth-order valence-electron chi connectivity index (χ4n) is 1.42. The van der Waals surface area contributed by atoms with Gasteiger partial charge in [0.2, 0.25) is 5.91 Å². The second kappa shape index (κ2) is 6.26. The molecule has 5 nitrogen and oxygen atoms in total. The molecule has 0 spiro atoms.